The van der Waals surface area contributed by atoms with Crippen molar-refractivity contribution in [2.45, 2.75) is 88.4 Å². The number of alkyl halides is 8. The normalized spacial score (nSPS) is 12.4. The number of allylic oxidation sites excluding steroid dienone is 1. The standard InChI is InChI=1S/C23H24F2N6O4S.C22H18F2N8O4S.C22H16F2N8O4S.C22H17F2N7O4S/c1-13(2)14(3)36(33,34)15-6-7-19(35-23(24)25)16(10-15)20-18(12-30(4)29-20)28-22(32)17-11-27-31-9-5-8-26-21(17)31;1-30-11-18(26-12-30)37(34,35)13-4-5-17(36-22(23)24)14(8-13)19-16(10-31(2)29-19)28-21(33)15-9-27-32-7-3-6-25-20(15)32;1-31-11-17(29-21(33)16-10-28-32-6-2-5-27-20(16)32)19(30-31)15-7-13(3-4-18(15)36-22(23)24)37(34,35)14-8-25-12-26-9-14;1-30-12-16(28-21(32)15-11-27-31-9-3-8-26-20(15)31)19(29-30)14-10-13(5-6-17(14)35-22(23)24)36(33,34)18-4-2-7-25-18/h5-14,23H,1-4H3,(H,28,32);3-12,22H,1-2H3,(H,28,33);2-12,22H,1H3,(H,29,33);3-12,22H,2H2,1H3,(H,28,32). The van der Waals surface area contributed by atoms with Gasteiger partial charge in [-0.3, -0.25) is 37.9 Å². The van der Waals surface area contributed by atoms with Crippen molar-refractivity contribution in [3.63, 3.8) is 0 Å². The highest BCUT2D eigenvalue weighted by Crippen LogP contribution is 2.44. The Labute approximate surface area is 818 Å². The zero-order valence-corrected chi connectivity index (χ0v) is 79.8. The van der Waals surface area contributed by atoms with E-state index in [1.807, 2.05) is 0 Å². The number of nitrogens with one attached hydrogen (secondary N) is 4. The molecule has 1 aliphatic heterocycles. The lowest BCUT2D eigenvalue weighted by atomic mass is 10.1. The number of ether oxygens (including phenoxy) is 4. The number of benzene rings is 4. The van der Waals surface area contributed by atoms with E-state index in [0.717, 1.165) is 73.1 Å². The third kappa shape index (κ3) is 21.7. The quantitative estimate of drug-likeness (QED) is 0.0316. The van der Waals surface area contributed by atoms with E-state index >= 15 is 0 Å². The first-order valence-electron chi connectivity index (χ1n) is 42.4. The summed E-state index contributed by atoms with van der Waals surface area (Å²) in [5.74, 6) is -3.78. The fourth-order valence-corrected chi connectivity index (χ4v) is 19.9. The summed E-state index contributed by atoms with van der Waals surface area (Å²) >= 11 is 0. The molecular formula is C89H75F8N29O16S4. The fourth-order valence-electron chi connectivity index (χ4n) is 14.5. The summed E-state index contributed by atoms with van der Waals surface area (Å²) in [6, 6.07) is 20.4. The van der Waals surface area contributed by atoms with Gasteiger partial charge in [-0.1, -0.05) is 13.8 Å². The van der Waals surface area contributed by atoms with E-state index in [1.165, 1.54) is 159 Å². The molecule has 0 bridgehead atoms. The Kier molecular flexibility index (Phi) is 29.0. The zero-order valence-electron chi connectivity index (χ0n) is 76.6. The number of carbonyl (C=O) groups excluding carboxylic acids is 4. The third-order valence-electron chi connectivity index (χ3n) is 21.5. The summed E-state index contributed by atoms with van der Waals surface area (Å²) in [4.78, 5) is 83.1. The topological polar surface area (TPSA) is 538 Å². The number of aliphatic imine (C=N–C) groups is 1. The molecule has 4 aromatic carbocycles. The maximum atomic E-state index is 13.2. The predicted octanol–water partition coefficient (Wildman–Crippen LogP) is 12.0. The third-order valence-corrected chi connectivity index (χ3v) is 28.9. The fraction of sp³-hybridized carbons (Fsp3) is 0.169. The molecule has 45 nitrogen and oxygen atoms in total. The molecular weight excluding hydrogens is 2010 g/mol. The Morgan fingerprint density at radius 2 is 0.685 bits per heavy atom. The number of imidazole rings is 1. The van der Waals surface area contributed by atoms with E-state index in [-0.39, 0.29) is 153 Å². The molecule has 1 aliphatic rings. The number of halogens is 8. The second kappa shape index (κ2) is 41.8. The van der Waals surface area contributed by atoms with Gasteiger partial charge in [-0.2, -0.15) is 75.9 Å². The Balaban J connectivity index is 0.000000139. The number of aromatic nitrogens is 24. The number of amides is 4. The zero-order chi connectivity index (χ0) is 104. The van der Waals surface area contributed by atoms with Crippen LogP contribution in [-0.2, 0) is 74.6 Å². The lowest BCUT2D eigenvalue weighted by molar-refractivity contribution is -0.0501. The largest absolute Gasteiger partial charge is 0.434 e. The van der Waals surface area contributed by atoms with Gasteiger partial charge >= 0.3 is 26.4 Å². The van der Waals surface area contributed by atoms with Crippen LogP contribution in [-0.4, -0.2) is 212 Å². The number of aryl methyl sites for hydroxylation is 5. The van der Waals surface area contributed by atoms with Crippen molar-refractivity contribution < 1.29 is 107 Å². The summed E-state index contributed by atoms with van der Waals surface area (Å²) in [5.41, 5.74) is 2.23. The number of hydrogen-bond acceptors (Lipinski definition) is 32. The molecule has 19 rings (SSSR count). The molecule has 15 heterocycles. The van der Waals surface area contributed by atoms with Gasteiger partial charge in [0, 0.05) is 163 Å². The van der Waals surface area contributed by atoms with Crippen LogP contribution < -0.4 is 40.2 Å². The number of hydrogen-bond donors (Lipinski definition) is 4. The molecule has 4 N–H and O–H groups in total. The number of carbonyl (C=O) groups is 4. The molecule has 0 spiro atoms. The Hall–Kier alpha value is -17.8. The molecule has 1 unspecified atom stereocenters. The summed E-state index contributed by atoms with van der Waals surface area (Å²) in [5, 5.41) is 43.0. The summed E-state index contributed by atoms with van der Waals surface area (Å²) in [7, 11) is -8.18. The number of anilines is 4. The van der Waals surface area contributed by atoms with E-state index in [4.69, 9.17) is 0 Å². The van der Waals surface area contributed by atoms with Crippen LogP contribution in [0, 0.1) is 5.92 Å². The number of sulfone groups is 4. The molecule has 752 valence electrons. The predicted molar refractivity (Wildman–Crippen MR) is 501 cm³/mol. The number of rotatable bonds is 29. The first kappa shape index (κ1) is 101. The van der Waals surface area contributed by atoms with Crippen LogP contribution in [0.4, 0.5) is 57.9 Å². The first-order valence-corrected chi connectivity index (χ1v) is 48.4. The first-order chi connectivity index (χ1) is 69.6. The minimum atomic E-state index is -4.11. The van der Waals surface area contributed by atoms with E-state index in [1.54, 1.807) is 105 Å². The molecule has 4 amide bonds. The van der Waals surface area contributed by atoms with E-state index in [2.05, 4.69) is 121 Å². The molecule has 0 aliphatic carbocycles. The molecule has 146 heavy (non-hydrogen) atoms. The number of nitrogens with zero attached hydrogens (tertiary/aromatic N) is 25. The highest BCUT2D eigenvalue weighted by molar-refractivity contribution is 7.95. The van der Waals surface area contributed by atoms with Gasteiger partial charge < -0.3 is 44.8 Å². The van der Waals surface area contributed by atoms with Crippen LogP contribution in [0.2, 0.25) is 0 Å². The van der Waals surface area contributed by atoms with Crippen molar-refractivity contribution in [2.75, 3.05) is 21.3 Å². The van der Waals surface area contributed by atoms with Gasteiger partial charge in [-0.15, -0.1) is 0 Å². The minimum absolute atomic E-state index is 0.00250. The van der Waals surface area contributed by atoms with Crippen molar-refractivity contribution in [2.24, 2.45) is 46.1 Å². The van der Waals surface area contributed by atoms with Gasteiger partial charge in [-0.05, 0) is 116 Å². The van der Waals surface area contributed by atoms with Gasteiger partial charge in [0.05, 0.1) is 78.7 Å². The molecule has 14 aromatic heterocycles. The van der Waals surface area contributed by atoms with Gasteiger partial charge in [0.1, 0.15) is 79.3 Å². The summed E-state index contributed by atoms with van der Waals surface area (Å²) in [6.45, 7) is -7.59. The summed E-state index contributed by atoms with van der Waals surface area (Å²) < 4.78 is 241. The van der Waals surface area contributed by atoms with Crippen LogP contribution in [0.1, 0.15) is 68.6 Å². The van der Waals surface area contributed by atoms with Crippen LogP contribution >= 0.6 is 0 Å². The highest BCUT2D eigenvalue weighted by Gasteiger charge is 2.35. The molecule has 57 heteroatoms. The van der Waals surface area contributed by atoms with Crippen LogP contribution in [0.15, 0.2) is 273 Å². The molecule has 18 aromatic rings. The second-order valence-electron chi connectivity index (χ2n) is 31.6. The van der Waals surface area contributed by atoms with Crippen LogP contribution in [0.3, 0.4) is 0 Å². The maximum absolute atomic E-state index is 13.2. The van der Waals surface area contributed by atoms with Crippen LogP contribution in [0.25, 0.3) is 67.6 Å². The average molecular weight is 2090 g/mol. The van der Waals surface area contributed by atoms with E-state index in [0.29, 0.717) is 29.0 Å². The van der Waals surface area contributed by atoms with Crippen molar-refractivity contribution >= 4 is 115 Å². The van der Waals surface area contributed by atoms with Gasteiger partial charge in [0.2, 0.25) is 29.5 Å². The molecule has 1 atom stereocenters. The monoisotopic (exact) mass is 2090 g/mol. The molecule has 0 fully saturated rings. The van der Waals surface area contributed by atoms with E-state index < -0.39 is 94.7 Å². The molecule has 0 saturated carbocycles. The van der Waals surface area contributed by atoms with Crippen LogP contribution in [0.5, 0.6) is 23.0 Å². The maximum Gasteiger partial charge on any atom is 0.387 e. The average Bonchev–Trinajstić information content (AvgIpc) is 1.38. The minimum Gasteiger partial charge on any atom is -0.434 e. The van der Waals surface area contributed by atoms with Gasteiger partial charge in [0.25, 0.3) is 23.6 Å². The van der Waals surface area contributed by atoms with Crippen molar-refractivity contribution in [3.8, 4) is 68.0 Å². The van der Waals surface area contributed by atoms with Crippen molar-refractivity contribution in [3.05, 3.63) is 261 Å². The summed E-state index contributed by atoms with van der Waals surface area (Å²) in [6.07, 6.45) is 32.9. The Morgan fingerprint density at radius 1 is 0.377 bits per heavy atom. The number of fused-ring (bicyclic) bond motifs is 4. The molecule has 0 radical (unpaired) electrons. The lowest BCUT2D eigenvalue weighted by Crippen LogP contribution is -2.23. The Morgan fingerprint density at radius 3 is 0.979 bits per heavy atom. The van der Waals surface area contributed by atoms with E-state index in [9.17, 15) is 88.0 Å². The second-order valence-corrected chi connectivity index (χ2v) is 39.6. The van der Waals surface area contributed by atoms with Crippen molar-refractivity contribution in [1.82, 2.24) is 117 Å². The molecule has 0 saturated heterocycles. The highest BCUT2D eigenvalue weighted by atomic mass is 32.2. The van der Waals surface area contributed by atoms with Gasteiger partial charge in [-0.25, -0.2) is 91.6 Å². The van der Waals surface area contributed by atoms with Crippen molar-refractivity contribution in [1.29, 1.82) is 0 Å². The Bertz CT molecular complexity index is 8620. The lowest BCUT2D eigenvalue weighted by Gasteiger charge is -2.18. The SMILES string of the molecule is CC(C)C(C)S(=O)(=O)c1ccc(OC(F)F)c(-c2nn(C)cc2NC(=O)c2cnn3cccnc23)c1.Cn1cc(NC(=O)c2cnn3cccnc23)c(-c2cc(S(=O)(=O)C3=CCC=N3)ccc2OC(F)F)n1.Cn1cc(NC(=O)c2cnn3cccnc23)c(-c2cc(S(=O)(=O)c3cncnc3)ccc2OC(F)F)n1.Cn1cnc(S(=O)(=O)c2ccc(OC(F)F)c(-c3nn(C)cc3NC(=O)c3cnn4cccnc34)c2)c1. The smallest absolute Gasteiger partial charge is 0.387 e. The van der Waals surface area contributed by atoms with Gasteiger partial charge in [0.15, 0.2) is 42.5 Å².